The van der Waals surface area contributed by atoms with Crippen molar-refractivity contribution in [2.24, 2.45) is 0 Å². The van der Waals surface area contributed by atoms with E-state index in [1.54, 1.807) is 6.20 Å². The number of carbonyl (C=O) groups is 1. The Morgan fingerprint density at radius 1 is 1.41 bits per heavy atom. The molecule has 0 N–H and O–H groups in total. The Bertz CT molecular complexity index is 657. The van der Waals surface area contributed by atoms with E-state index in [4.69, 9.17) is 0 Å². The minimum Gasteiger partial charge on any atom is -0.336 e. The molecule has 3 rings (SSSR count). The van der Waals surface area contributed by atoms with Gasteiger partial charge < -0.3 is 4.90 Å². The fourth-order valence-corrected chi connectivity index (χ4v) is 2.77. The second kappa shape index (κ2) is 5.91. The number of rotatable bonds is 4. The molecule has 116 valence electrons. The van der Waals surface area contributed by atoms with Gasteiger partial charge in [-0.25, -0.2) is 0 Å². The van der Waals surface area contributed by atoms with E-state index < -0.39 is 0 Å². The molecule has 1 amide bonds. The summed E-state index contributed by atoms with van der Waals surface area (Å²) in [6.07, 6.45) is 3.66. The Balaban J connectivity index is 1.71. The molecule has 1 aliphatic heterocycles. The Hall–Kier alpha value is -2.17. The van der Waals surface area contributed by atoms with Crippen molar-refractivity contribution < 1.29 is 4.79 Å². The van der Waals surface area contributed by atoms with Gasteiger partial charge in [0.15, 0.2) is 0 Å². The summed E-state index contributed by atoms with van der Waals surface area (Å²) >= 11 is 0. The van der Waals surface area contributed by atoms with Gasteiger partial charge in [-0.15, -0.1) is 0 Å². The number of amides is 1. The summed E-state index contributed by atoms with van der Waals surface area (Å²) in [5.74, 6) is 0.820. The van der Waals surface area contributed by atoms with E-state index in [1.807, 2.05) is 34.8 Å². The smallest absolute Gasteiger partial charge is 0.272 e. The molecule has 5 nitrogen and oxygen atoms in total. The van der Waals surface area contributed by atoms with Crippen molar-refractivity contribution in [2.45, 2.75) is 39.2 Å². The zero-order valence-corrected chi connectivity index (χ0v) is 13.4. The fourth-order valence-electron chi connectivity index (χ4n) is 2.77. The van der Waals surface area contributed by atoms with Crippen molar-refractivity contribution >= 4 is 5.91 Å². The molecule has 2 aromatic heterocycles. The highest BCUT2D eigenvalue weighted by atomic mass is 16.2. The first-order valence-electron chi connectivity index (χ1n) is 7.87. The predicted octanol–water partition coefficient (Wildman–Crippen LogP) is 2.66. The molecule has 1 aliphatic rings. The van der Waals surface area contributed by atoms with Crippen molar-refractivity contribution in [3.63, 3.8) is 0 Å². The molecule has 0 spiro atoms. The maximum Gasteiger partial charge on any atom is 0.272 e. The lowest BCUT2D eigenvalue weighted by atomic mass is 9.92. The second-order valence-corrected chi connectivity index (χ2v) is 6.12. The van der Waals surface area contributed by atoms with Gasteiger partial charge >= 0.3 is 0 Å². The van der Waals surface area contributed by atoms with E-state index in [9.17, 15) is 4.79 Å². The van der Waals surface area contributed by atoms with Crippen molar-refractivity contribution in [3.05, 3.63) is 47.5 Å². The van der Waals surface area contributed by atoms with Gasteiger partial charge in [-0.3, -0.25) is 14.5 Å². The Labute approximate surface area is 131 Å². The molecule has 0 aromatic carbocycles. The zero-order chi connectivity index (χ0) is 15.7. The molecular weight excluding hydrogens is 276 g/mol. The highest BCUT2D eigenvalue weighted by molar-refractivity contribution is 5.93. The third kappa shape index (κ3) is 2.63. The van der Waals surface area contributed by atoms with Crippen LogP contribution in [0.25, 0.3) is 0 Å². The van der Waals surface area contributed by atoms with E-state index in [2.05, 4.69) is 30.0 Å². The van der Waals surface area contributed by atoms with Gasteiger partial charge in [-0.1, -0.05) is 19.9 Å². The van der Waals surface area contributed by atoms with E-state index in [1.165, 1.54) is 5.56 Å². The van der Waals surface area contributed by atoms with Gasteiger partial charge in [0.1, 0.15) is 5.69 Å². The number of aromatic nitrogens is 3. The van der Waals surface area contributed by atoms with Gasteiger partial charge in [-0.2, -0.15) is 5.10 Å². The van der Waals surface area contributed by atoms with Crippen LogP contribution in [0, 0.1) is 0 Å². The molecule has 0 aliphatic carbocycles. The largest absolute Gasteiger partial charge is 0.336 e. The van der Waals surface area contributed by atoms with Crippen LogP contribution in [0.3, 0.4) is 0 Å². The fraction of sp³-hybridized carbons (Fsp3) is 0.471. The van der Waals surface area contributed by atoms with Crippen molar-refractivity contribution in [3.8, 4) is 0 Å². The number of hydrogen-bond donors (Lipinski definition) is 0. The maximum absolute atomic E-state index is 12.7. The molecule has 0 saturated carbocycles. The Kier molecular flexibility index (Phi) is 3.96. The first-order valence-corrected chi connectivity index (χ1v) is 7.87. The minimum absolute atomic E-state index is 0.0846. The molecule has 0 atom stereocenters. The standard InChI is InChI=1S/C17H22N4O/c1-4-21-16(8-15(19-21)12(2)3)17(22)20-10-14(11-20)13-6-5-7-18-9-13/h5-9,12,14H,4,10-11H2,1-3H3. The highest BCUT2D eigenvalue weighted by Gasteiger charge is 2.34. The number of aryl methyl sites for hydroxylation is 1. The molecule has 0 radical (unpaired) electrons. The summed E-state index contributed by atoms with van der Waals surface area (Å²) in [6, 6.07) is 5.96. The van der Waals surface area contributed by atoms with Crippen molar-refractivity contribution in [1.29, 1.82) is 0 Å². The first kappa shape index (κ1) is 14.8. The molecule has 2 aromatic rings. The molecule has 0 bridgehead atoms. The summed E-state index contributed by atoms with van der Waals surface area (Å²) in [6.45, 7) is 8.44. The van der Waals surface area contributed by atoms with Crippen LogP contribution in [-0.2, 0) is 6.54 Å². The summed E-state index contributed by atoms with van der Waals surface area (Å²) in [4.78, 5) is 18.7. The number of nitrogens with zero attached hydrogens (tertiary/aromatic N) is 4. The van der Waals surface area contributed by atoms with Crippen LogP contribution in [0.4, 0.5) is 0 Å². The molecule has 5 heteroatoms. The first-order chi connectivity index (χ1) is 10.6. The third-order valence-corrected chi connectivity index (χ3v) is 4.23. The normalized spacial score (nSPS) is 15.2. The molecule has 1 fully saturated rings. The average Bonchev–Trinajstić information content (AvgIpc) is 2.91. The second-order valence-electron chi connectivity index (χ2n) is 6.12. The van der Waals surface area contributed by atoms with Crippen molar-refractivity contribution in [2.75, 3.05) is 13.1 Å². The lowest BCUT2D eigenvalue weighted by molar-refractivity contribution is 0.0589. The van der Waals surface area contributed by atoms with Gasteiger partial charge in [0, 0.05) is 37.9 Å². The van der Waals surface area contributed by atoms with Crippen LogP contribution >= 0.6 is 0 Å². The van der Waals surface area contributed by atoms with E-state index in [0.717, 1.165) is 18.8 Å². The molecular formula is C17H22N4O. The minimum atomic E-state index is 0.0846. The number of hydrogen-bond acceptors (Lipinski definition) is 3. The van der Waals surface area contributed by atoms with Crippen LogP contribution in [0.15, 0.2) is 30.6 Å². The quantitative estimate of drug-likeness (QED) is 0.872. The molecule has 1 saturated heterocycles. The van der Waals surface area contributed by atoms with Crippen LogP contribution in [0.2, 0.25) is 0 Å². The van der Waals surface area contributed by atoms with Crippen LogP contribution < -0.4 is 0 Å². The Morgan fingerprint density at radius 3 is 2.77 bits per heavy atom. The predicted molar refractivity (Wildman–Crippen MR) is 84.9 cm³/mol. The van der Waals surface area contributed by atoms with E-state index >= 15 is 0 Å². The summed E-state index contributed by atoms with van der Waals surface area (Å²) in [5.41, 5.74) is 2.89. The van der Waals surface area contributed by atoms with Crippen LogP contribution in [0.5, 0.6) is 0 Å². The van der Waals surface area contributed by atoms with Crippen LogP contribution in [0.1, 0.15) is 54.4 Å². The Morgan fingerprint density at radius 2 is 2.18 bits per heavy atom. The molecule has 3 heterocycles. The highest BCUT2D eigenvalue weighted by Crippen LogP contribution is 2.28. The van der Waals surface area contributed by atoms with Crippen molar-refractivity contribution in [1.82, 2.24) is 19.7 Å². The van der Waals surface area contributed by atoms with Gasteiger partial charge in [0.2, 0.25) is 0 Å². The summed E-state index contributed by atoms with van der Waals surface area (Å²) in [7, 11) is 0. The van der Waals surface area contributed by atoms with Gasteiger partial charge in [-0.05, 0) is 30.5 Å². The monoisotopic (exact) mass is 298 g/mol. The van der Waals surface area contributed by atoms with Gasteiger partial charge in [0.05, 0.1) is 5.69 Å². The zero-order valence-electron chi connectivity index (χ0n) is 13.4. The van der Waals surface area contributed by atoms with Crippen LogP contribution in [-0.4, -0.2) is 38.7 Å². The maximum atomic E-state index is 12.7. The summed E-state index contributed by atoms with van der Waals surface area (Å²) in [5, 5.41) is 4.53. The number of likely N-dealkylation sites (tertiary alicyclic amines) is 1. The van der Waals surface area contributed by atoms with E-state index in [-0.39, 0.29) is 5.91 Å². The lowest BCUT2D eigenvalue weighted by Crippen LogP contribution is -2.49. The molecule has 0 unspecified atom stereocenters. The third-order valence-electron chi connectivity index (χ3n) is 4.23. The SMILES string of the molecule is CCn1nc(C(C)C)cc1C(=O)N1CC(c2cccnc2)C1. The number of carbonyl (C=O) groups excluding carboxylic acids is 1. The average molecular weight is 298 g/mol. The lowest BCUT2D eigenvalue weighted by Gasteiger charge is -2.39. The topological polar surface area (TPSA) is 51.0 Å². The molecule has 22 heavy (non-hydrogen) atoms. The number of pyridine rings is 1. The summed E-state index contributed by atoms with van der Waals surface area (Å²) < 4.78 is 1.81. The van der Waals surface area contributed by atoms with Gasteiger partial charge in [0.25, 0.3) is 5.91 Å². The van der Waals surface area contributed by atoms with E-state index in [0.29, 0.717) is 24.1 Å².